The molecule has 0 radical (unpaired) electrons. The van der Waals surface area contributed by atoms with Crippen molar-refractivity contribution in [3.05, 3.63) is 18.2 Å². The van der Waals surface area contributed by atoms with Gasteiger partial charge in [-0.2, -0.15) is 0 Å². The lowest BCUT2D eigenvalue weighted by Gasteiger charge is -2.31. The summed E-state index contributed by atoms with van der Waals surface area (Å²) in [4.78, 5) is 14.6. The first kappa shape index (κ1) is 14.2. The fourth-order valence-corrected chi connectivity index (χ4v) is 2.84. The Morgan fingerprint density at radius 2 is 1.86 bits per heavy atom. The van der Waals surface area contributed by atoms with Crippen LogP contribution in [0, 0.1) is 0 Å². The first-order valence-corrected chi connectivity index (χ1v) is 7.68. The van der Waals surface area contributed by atoms with Gasteiger partial charge in [0.2, 0.25) is 5.91 Å². The van der Waals surface area contributed by atoms with Gasteiger partial charge in [0, 0.05) is 11.8 Å². The van der Waals surface area contributed by atoms with E-state index in [2.05, 4.69) is 10.2 Å². The lowest BCUT2D eigenvalue weighted by molar-refractivity contribution is -0.121. The van der Waals surface area contributed by atoms with Gasteiger partial charge in [0.15, 0.2) is 11.5 Å². The van der Waals surface area contributed by atoms with E-state index < -0.39 is 0 Å². The minimum atomic E-state index is -0.0986. The SMILES string of the molecule is CC(C(=O)Nc1ccc2c(c1)OCCO2)N1CCCCC1. The smallest absolute Gasteiger partial charge is 0.241 e. The fraction of sp³-hybridized carbons (Fsp3) is 0.562. The summed E-state index contributed by atoms with van der Waals surface area (Å²) in [5, 5.41) is 2.97. The number of likely N-dealkylation sites (tertiary alicyclic amines) is 1. The maximum Gasteiger partial charge on any atom is 0.241 e. The van der Waals surface area contributed by atoms with Crippen LogP contribution in [0.4, 0.5) is 5.69 Å². The molecule has 5 heteroatoms. The summed E-state index contributed by atoms with van der Waals surface area (Å²) in [5.74, 6) is 1.47. The fourth-order valence-electron chi connectivity index (χ4n) is 2.84. The van der Waals surface area contributed by atoms with E-state index in [-0.39, 0.29) is 11.9 Å². The number of hydrogen-bond donors (Lipinski definition) is 1. The first-order valence-electron chi connectivity index (χ1n) is 7.68. The maximum atomic E-state index is 12.4. The molecule has 1 N–H and O–H groups in total. The zero-order valence-corrected chi connectivity index (χ0v) is 12.4. The highest BCUT2D eigenvalue weighted by atomic mass is 16.6. The van der Waals surface area contributed by atoms with Gasteiger partial charge < -0.3 is 14.8 Å². The van der Waals surface area contributed by atoms with Gasteiger partial charge in [0.05, 0.1) is 6.04 Å². The van der Waals surface area contributed by atoms with Crippen LogP contribution in [-0.2, 0) is 4.79 Å². The lowest BCUT2D eigenvalue weighted by atomic mass is 10.1. The van der Waals surface area contributed by atoms with Crippen molar-refractivity contribution in [2.24, 2.45) is 0 Å². The van der Waals surface area contributed by atoms with Crippen molar-refractivity contribution in [2.45, 2.75) is 32.2 Å². The van der Waals surface area contributed by atoms with E-state index in [0.29, 0.717) is 19.0 Å². The van der Waals surface area contributed by atoms with Crippen LogP contribution in [0.3, 0.4) is 0 Å². The van der Waals surface area contributed by atoms with Crippen molar-refractivity contribution < 1.29 is 14.3 Å². The molecule has 0 aliphatic carbocycles. The molecule has 1 fully saturated rings. The summed E-state index contributed by atoms with van der Waals surface area (Å²) in [5.41, 5.74) is 0.758. The van der Waals surface area contributed by atoms with E-state index in [1.165, 1.54) is 19.3 Å². The van der Waals surface area contributed by atoms with Gasteiger partial charge in [0.25, 0.3) is 0 Å². The number of carbonyl (C=O) groups excluding carboxylic acids is 1. The molecule has 1 aromatic carbocycles. The second-order valence-corrected chi connectivity index (χ2v) is 5.62. The van der Waals surface area contributed by atoms with Crippen LogP contribution in [0.15, 0.2) is 18.2 Å². The molecular formula is C16H22N2O3. The number of carbonyl (C=O) groups is 1. The highest BCUT2D eigenvalue weighted by Gasteiger charge is 2.23. The van der Waals surface area contributed by atoms with Crippen LogP contribution < -0.4 is 14.8 Å². The molecule has 0 spiro atoms. The normalized spacial score (nSPS) is 19.9. The van der Waals surface area contributed by atoms with Gasteiger partial charge in [-0.05, 0) is 45.0 Å². The van der Waals surface area contributed by atoms with Gasteiger partial charge in [-0.3, -0.25) is 9.69 Å². The Bertz CT molecular complexity index is 512. The molecule has 0 bridgehead atoms. The van der Waals surface area contributed by atoms with Crippen LogP contribution >= 0.6 is 0 Å². The second-order valence-electron chi connectivity index (χ2n) is 5.62. The van der Waals surface area contributed by atoms with Crippen molar-refractivity contribution in [3.63, 3.8) is 0 Å². The molecule has 2 aliphatic rings. The standard InChI is InChI=1S/C16H22N2O3/c1-12(18-7-3-2-4-8-18)16(19)17-13-5-6-14-15(11-13)21-10-9-20-14/h5-6,11-12H,2-4,7-10H2,1H3,(H,17,19). The Labute approximate surface area is 125 Å². The largest absolute Gasteiger partial charge is 0.486 e. The average Bonchev–Trinajstić information content (AvgIpc) is 2.55. The Kier molecular flexibility index (Phi) is 4.29. The van der Waals surface area contributed by atoms with E-state index in [4.69, 9.17) is 9.47 Å². The summed E-state index contributed by atoms with van der Waals surface area (Å²) >= 11 is 0. The minimum Gasteiger partial charge on any atom is -0.486 e. The molecule has 1 aromatic rings. The summed E-state index contributed by atoms with van der Waals surface area (Å²) in [6, 6.07) is 5.43. The van der Waals surface area contributed by atoms with Crippen molar-refractivity contribution in [2.75, 3.05) is 31.6 Å². The quantitative estimate of drug-likeness (QED) is 0.928. The van der Waals surface area contributed by atoms with Crippen LogP contribution in [0.5, 0.6) is 11.5 Å². The van der Waals surface area contributed by atoms with Crippen molar-refractivity contribution in [3.8, 4) is 11.5 Å². The number of nitrogens with one attached hydrogen (secondary N) is 1. The number of ether oxygens (including phenoxy) is 2. The molecule has 1 atom stereocenters. The summed E-state index contributed by atoms with van der Waals surface area (Å²) in [6.45, 7) is 5.11. The van der Waals surface area contributed by atoms with Crippen molar-refractivity contribution in [1.82, 2.24) is 4.90 Å². The number of benzene rings is 1. The summed E-state index contributed by atoms with van der Waals surface area (Å²) in [6.07, 6.45) is 3.64. The Morgan fingerprint density at radius 1 is 1.14 bits per heavy atom. The molecule has 5 nitrogen and oxygen atoms in total. The van der Waals surface area contributed by atoms with E-state index in [9.17, 15) is 4.79 Å². The average molecular weight is 290 g/mol. The van der Waals surface area contributed by atoms with Crippen LogP contribution in [0.25, 0.3) is 0 Å². The van der Waals surface area contributed by atoms with Gasteiger partial charge in [-0.15, -0.1) is 0 Å². The monoisotopic (exact) mass is 290 g/mol. The summed E-state index contributed by atoms with van der Waals surface area (Å²) < 4.78 is 11.0. The Hall–Kier alpha value is -1.75. The second kappa shape index (κ2) is 6.35. The van der Waals surface area contributed by atoms with Gasteiger partial charge in [0.1, 0.15) is 13.2 Å². The number of fused-ring (bicyclic) bond motifs is 1. The van der Waals surface area contributed by atoms with Crippen molar-refractivity contribution in [1.29, 1.82) is 0 Å². The number of anilines is 1. The van der Waals surface area contributed by atoms with Crippen LogP contribution in [0.2, 0.25) is 0 Å². The third kappa shape index (κ3) is 3.29. The Morgan fingerprint density at radius 3 is 2.62 bits per heavy atom. The van der Waals surface area contributed by atoms with E-state index in [0.717, 1.165) is 24.5 Å². The number of nitrogens with zero attached hydrogens (tertiary/aromatic N) is 1. The molecular weight excluding hydrogens is 268 g/mol. The highest BCUT2D eigenvalue weighted by Crippen LogP contribution is 2.32. The number of piperidine rings is 1. The topological polar surface area (TPSA) is 50.8 Å². The van der Waals surface area contributed by atoms with Crippen LogP contribution in [-0.4, -0.2) is 43.2 Å². The molecule has 3 rings (SSSR count). The third-order valence-corrected chi connectivity index (χ3v) is 4.13. The van der Waals surface area contributed by atoms with E-state index in [1.54, 1.807) is 0 Å². The lowest BCUT2D eigenvalue weighted by Crippen LogP contribution is -2.44. The molecule has 114 valence electrons. The predicted molar refractivity (Wildman–Crippen MR) is 80.9 cm³/mol. The maximum absolute atomic E-state index is 12.4. The van der Waals surface area contributed by atoms with Crippen molar-refractivity contribution >= 4 is 11.6 Å². The van der Waals surface area contributed by atoms with Gasteiger partial charge in [-0.1, -0.05) is 6.42 Å². The van der Waals surface area contributed by atoms with E-state index in [1.807, 2.05) is 25.1 Å². The van der Waals surface area contributed by atoms with E-state index >= 15 is 0 Å². The highest BCUT2D eigenvalue weighted by molar-refractivity contribution is 5.94. The molecule has 21 heavy (non-hydrogen) atoms. The molecule has 2 heterocycles. The molecule has 1 saturated heterocycles. The predicted octanol–water partition coefficient (Wildman–Crippen LogP) is 2.27. The molecule has 1 unspecified atom stereocenters. The molecule has 2 aliphatic heterocycles. The number of amides is 1. The third-order valence-electron chi connectivity index (χ3n) is 4.13. The zero-order chi connectivity index (χ0) is 14.7. The van der Waals surface area contributed by atoms with Crippen LogP contribution in [0.1, 0.15) is 26.2 Å². The van der Waals surface area contributed by atoms with Gasteiger partial charge in [-0.25, -0.2) is 0 Å². The number of hydrogen-bond acceptors (Lipinski definition) is 4. The summed E-state index contributed by atoms with van der Waals surface area (Å²) in [7, 11) is 0. The molecule has 0 saturated carbocycles. The number of rotatable bonds is 3. The molecule has 1 amide bonds. The Balaban J connectivity index is 1.63. The zero-order valence-electron chi connectivity index (χ0n) is 12.4. The van der Waals surface area contributed by atoms with Gasteiger partial charge >= 0.3 is 0 Å². The first-order chi connectivity index (χ1) is 10.2. The minimum absolute atomic E-state index is 0.0357. The molecule has 0 aromatic heterocycles.